The molecule has 2 aromatic carbocycles. The van der Waals surface area contributed by atoms with Crippen molar-refractivity contribution in [3.05, 3.63) is 63.6 Å². The lowest BCUT2D eigenvalue weighted by molar-refractivity contribution is 0.141. The monoisotopic (exact) mass is 393 g/mol. The van der Waals surface area contributed by atoms with Gasteiger partial charge in [-0.2, -0.15) is 0 Å². The third-order valence-corrected chi connectivity index (χ3v) is 4.81. The molecule has 3 nitrogen and oxygen atoms in total. The molecule has 0 spiro atoms. The first-order valence-corrected chi connectivity index (χ1v) is 8.77. The van der Waals surface area contributed by atoms with Crippen LogP contribution in [-0.2, 0) is 11.3 Å². The lowest BCUT2D eigenvalue weighted by atomic mass is 9.91. The fraction of sp³-hybridized carbons (Fsp3) is 0.278. The summed E-state index contributed by atoms with van der Waals surface area (Å²) in [6.07, 6.45) is 2.74. The number of ether oxygens (including phenoxy) is 1. The van der Waals surface area contributed by atoms with E-state index in [9.17, 15) is 4.79 Å². The fourth-order valence-electron chi connectivity index (χ4n) is 2.55. The van der Waals surface area contributed by atoms with Crippen LogP contribution in [0, 0.1) is 0 Å². The van der Waals surface area contributed by atoms with E-state index < -0.39 is 0 Å². The molecule has 0 radical (unpaired) electrons. The van der Waals surface area contributed by atoms with Crippen LogP contribution in [0.5, 0.6) is 0 Å². The van der Waals surface area contributed by atoms with Gasteiger partial charge in [-0.3, -0.25) is 4.90 Å². The number of anilines is 1. The van der Waals surface area contributed by atoms with E-state index in [1.807, 2.05) is 42.5 Å². The molecular weight excluding hydrogens is 378 g/mol. The van der Waals surface area contributed by atoms with Gasteiger partial charge in [0.1, 0.15) is 6.61 Å². The summed E-state index contributed by atoms with van der Waals surface area (Å²) in [6.45, 7) is 0.261. The number of hydrogen-bond acceptors (Lipinski definition) is 2. The van der Waals surface area contributed by atoms with E-state index in [1.165, 1.54) is 0 Å². The Balaban J connectivity index is 1.77. The summed E-state index contributed by atoms with van der Waals surface area (Å²) in [5.41, 5.74) is 1.67. The van der Waals surface area contributed by atoms with Gasteiger partial charge < -0.3 is 4.74 Å². The van der Waals surface area contributed by atoms with Crippen LogP contribution in [0.3, 0.4) is 0 Å². The van der Waals surface area contributed by atoms with Gasteiger partial charge in [-0.05, 0) is 43.0 Å². The van der Waals surface area contributed by atoms with E-state index in [1.54, 1.807) is 11.0 Å². The number of carbonyl (C=O) groups excluding carboxylic acids is 1. The zero-order valence-corrected chi connectivity index (χ0v) is 14.9. The lowest BCUT2D eigenvalue weighted by Gasteiger charge is -2.37. The van der Waals surface area contributed by atoms with Gasteiger partial charge >= 0.3 is 6.09 Å². The van der Waals surface area contributed by atoms with E-state index in [-0.39, 0.29) is 18.7 Å². The van der Waals surface area contributed by atoms with Crippen LogP contribution in [0.25, 0.3) is 0 Å². The summed E-state index contributed by atoms with van der Waals surface area (Å²) in [7, 11) is 0. The van der Waals surface area contributed by atoms with E-state index in [4.69, 9.17) is 16.3 Å². The summed E-state index contributed by atoms with van der Waals surface area (Å²) in [6, 6.07) is 15.4. The van der Waals surface area contributed by atoms with Crippen molar-refractivity contribution in [1.29, 1.82) is 0 Å². The minimum Gasteiger partial charge on any atom is -0.444 e. The van der Waals surface area contributed by atoms with Crippen LogP contribution in [0.1, 0.15) is 24.8 Å². The second-order valence-electron chi connectivity index (χ2n) is 5.59. The van der Waals surface area contributed by atoms with Crippen molar-refractivity contribution in [3.8, 4) is 0 Å². The van der Waals surface area contributed by atoms with Crippen LogP contribution in [0.15, 0.2) is 53.0 Å². The zero-order valence-electron chi connectivity index (χ0n) is 12.5. The van der Waals surface area contributed by atoms with Crippen molar-refractivity contribution in [2.24, 2.45) is 0 Å². The zero-order chi connectivity index (χ0) is 16.2. The van der Waals surface area contributed by atoms with Gasteiger partial charge in [0, 0.05) is 10.5 Å². The van der Waals surface area contributed by atoms with Crippen molar-refractivity contribution in [3.63, 3.8) is 0 Å². The molecule has 0 unspecified atom stereocenters. The van der Waals surface area contributed by atoms with Crippen LogP contribution < -0.4 is 4.90 Å². The molecule has 0 bridgehead atoms. The molecule has 0 saturated heterocycles. The number of nitrogens with zero attached hydrogens (tertiary/aromatic N) is 1. The van der Waals surface area contributed by atoms with Gasteiger partial charge in [0.2, 0.25) is 0 Å². The smallest absolute Gasteiger partial charge is 0.414 e. The highest BCUT2D eigenvalue weighted by atomic mass is 79.9. The molecule has 23 heavy (non-hydrogen) atoms. The summed E-state index contributed by atoms with van der Waals surface area (Å²) >= 11 is 9.72. The topological polar surface area (TPSA) is 29.5 Å². The Kier molecular flexibility index (Phi) is 5.23. The number of benzene rings is 2. The number of halogens is 2. The summed E-state index contributed by atoms with van der Waals surface area (Å²) < 4.78 is 6.39. The third-order valence-electron chi connectivity index (χ3n) is 4.01. The Morgan fingerprint density at radius 1 is 1.22 bits per heavy atom. The number of rotatable bonds is 4. The van der Waals surface area contributed by atoms with Gasteiger partial charge in [-0.25, -0.2) is 4.79 Å². The molecule has 0 N–H and O–H groups in total. The lowest BCUT2D eigenvalue weighted by Crippen LogP contribution is -2.44. The normalized spacial score (nSPS) is 14.2. The highest BCUT2D eigenvalue weighted by Crippen LogP contribution is 2.36. The predicted molar refractivity (Wildman–Crippen MR) is 95.9 cm³/mol. The highest BCUT2D eigenvalue weighted by molar-refractivity contribution is 9.10. The van der Waals surface area contributed by atoms with Crippen LogP contribution in [0.2, 0.25) is 5.02 Å². The second kappa shape index (κ2) is 7.37. The molecule has 0 aliphatic heterocycles. The van der Waals surface area contributed by atoms with Gasteiger partial charge in [0.15, 0.2) is 0 Å². The predicted octanol–water partition coefficient (Wildman–Crippen LogP) is 5.80. The largest absolute Gasteiger partial charge is 0.444 e. The first-order valence-electron chi connectivity index (χ1n) is 7.60. The highest BCUT2D eigenvalue weighted by Gasteiger charge is 2.32. The quantitative estimate of drug-likeness (QED) is 0.656. The molecule has 0 aromatic heterocycles. The molecule has 120 valence electrons. The molecule has 1 aliphatic rings. The first-order chi connectivity index (χ1) is 11.1. The van der Waals surface area contributed by atoms with Gasteiger partial charge in [-0.15, -0.1) is 0 Å². The number of amides is 1. The van der Waals surface area contributed by atoms with Gasteiger partial charge in [0.25, 0.3) is 0 Å². The number of hydrogen-bond donors (Lipinski definition) is 0. The van der Waals surface area contributed by atoms with E-state index >= 15 is 0 Å². The minimum absolute atomic E-state index is 0.164. The second-order valence-corrected chi connectivity index (χ2v) is 6.91. The summed E-state index contributed by atoms with van der Waals surface area (Å²) in [4.78, 5) is 14.3. The van der Waals surface area contributed by atoms with Crippen molar-refractivity contribution in [2.75, 3.05) is 4.90 Å². The van der Waals surface area contributed by atoms with Crippen molar-refractivity contribution < 1.29 is 9.53 Å². The molecule has 5 heteroatoms. The molecular formula is C18H17BrClNO2. The molecule has 1 saturated carbocycles. The Hall–Kier alpha value is -1.52. The van der Waals surface area contributed by atoms with Gasteiger partial charge in [0.05, 0.1) is 10.7 Å². The van der Waals surface area contributed by atoms with Crippen molar-refractivity contribution in [1.82, 2.24) is 0 Å². The standard InChI is InChI=1S/C18H17BrClNO2/c19-14-9-10-17(16(20)11-14)21(15-7-4-8-15)18(22)23-12-13-5-2-1-3-6-13/h1-3,5-6,9-11,15H,4,7-8,12H2. The van der Waals surface area contributed by atoms with Crippen LogP contribution in [0.4, 0.5) is 10.5 Å². The SMILES string of the molecule is O=C(OCc1ccccc1)N(c1ccc(Br)cc1Cl)C1CCC1. The van der Waals surface area contributed by atoms with Crippen LogP contribution in [-0.4, -0.2) is 12.1 Å². The van der Waals surface area contributed by atoms with Crippen molar-refractivity contribution in [2.45, 2.75) is 31.9 Å². The fourth-order valence-corrected chi connectivity index (χ4v) is 3.32. The van der Waals surface area contributed by atoms with Gasteiger partial charge in [-0.1, -0.05) is 57.9 Å². The minimum atomic E-state index is -0.345. The molecule has 0 heterocycles. The maximum atomic E-state index is 12.6. The average Bonchev–Trinajstić information content (AvgIpc) is 2.50. The first kappa shape index (κ1) is 16.3. The number of carbonyl (C=O) groups is 1. The Morgan fingerprint density at radius 2 is 1.96 bits per heavy atom. The molecule has 1 aliphatic carbocycles. The third kappa shape index (κ3) is 3.88. The van der Waals surface area contributed by atoms with Crippen molar-refractivity contribution >= 4 is 39.3 Å². The van der Waals surface area contributed by atoms with E-state index in [0.29, 0.717) is 10.7 Å². The maximum Gasteiger partial charge on any atom is 0.414 e. The molecule has 0 atom stereocenters. The summed E-state index contributed by atoms with van der Waals surface area (Å²) in [5, 5.41) is 0.544. The Morgan fingerprint density at radius 3 is 2.57 bits per heavy atom. The molecule has 1 amide bonds. The van der Waals surface area contributed by atoms with E-state index in [0.717, 1.165) is 29.3 Å². The summed E-state index contributed by atoms with van der Waals surface area (Å²) in [5.74, 6) is 0. The Bertz CT molecular complexity index is 689. The molecule has 1 fully saturated rings. The Labute approximate surface area is 149 Å². The molecule has 3 rings (SSSR count). The molecule has 2 aromatic rings. The van der Waals surface area contributed by atoms with E-state index in [2.05, 4.69) is 15.9 Å². The van der Waals surface area contributed by atoms with Crippen LogP contribution >= 0.6 is 27.5 Å². The maximum absolute atomic E-state index is 12.6. The average molecular weight is 395 g/mol.